The highest BCUT2D eigenvalue weighted by atomic mass is 35.5. The van der Waals surface area contributed by atoms with E-state index in [1.807, 2.05) is 19.1 Å². The van der Waals surface area contributed by atoms with Crippen LogP contribution in [0.1, 0.15) is 11.1 Å². The van der Waals surface area contributed by atoms with Crippen LogP contribution < -0.4 is 0 Å². The van der Waals surface area contributed by atoms with Crippen molar-refractivity contribution >= 4 is 34.2 Å². The summed E-state index contributed by atoms with van der Waals surface area (Å²) in [6, 6.07) is 18.3. The molecule has 1 aromatic heterocycles. The van der Waals surface area contributed by atoms with Crippen molar-refractivity contribution in [1.29, 1.82) is 0 Å². The average Bonchev–Trinajstić information content (AvgIpc) is 2.96. The van der Waals surface area contributed by atoms with E-state index < -0.39 is 0 Å². The molecule has 3 aromatic carbocycles. The van der Waals surface area contributed by atoms with Crippen LogP contribution in [0, 0.1) is 13.8 Å². The molecule has 0 N–H and O–H groups in total. The van der Waals surface area contributed by atoms with Gasteiger partial charge in [-0.1, -0.05) is 59.1 Å². The van der Waals surface area contributed by atoms with Gasteiger partial charge in [0.25, 0.3) is 0 Å². The minimum atomic E-state index is 0.628. The number of benzene rings is 3. The Hall–Kier alpha value is -2.22. The summed E-state index contributed by atoms with van der Waals surface area (Å²) in [6.45, 7) is 4.14. The van der Waals surface area contributed by atoms with Crippen LogP contribution in [0.15, 0.2) is 65.3 Å². The number of furan rings is 1. The lowest BCUT2D eigenvalue weighted by atomic mass is 9.94. The third-order valence-corrected chi connectivity index (χ3v) is 4.98. The van der Waals surface area contributed by atoms with Gasteiger partial charge in [0.05, 0.1) is 6.26 Å². The number of halogens is 2. The lowest BCUT2D eigenvalue weighted by molar-refractivity contribution is 0.613. The van der Waals surface area contributed by atoms with Crippen molar-refractivity contribution in [3.05, 3.63) is 82.0 Å². The first-order valence-corrected chi connectivity index (χ1v) is 8.83. The van der Waals surface area contributed by atoms with Gasteiger partial charge in [-0.2, -0.15) is 0 Å². The predicted molar refractivity (Wildman–Crippen MR) is 107 cm³/mol. The monoisotopic (exact) mass is 366 g/mol. The van der Waals surface area contributed by atoms with Crippen LogP contribution in [0.5, 0.6) is 0 Å². The van der Waals surface area contributed by atoms with Crippen LogP contribution in [0.25, 0.3) is 33.2 Å². The van der Waals surface area contributed by atoms with E-state index in [0.717, 1.165) is 38.8 Å². The summed E-state index contributed by atoms with van der Waals surface area (Å²) >= 11 is 12.6. The van der Waals surface area contributed by atoms with E-state index >= 15 is 0 Å². The van der Waals surface area contributed by atoms with Gasteiger partial charge in [-0.15, -0.1) is 0 Å². The molecule has 0 saturated carbocycles. The van der Waals surface area contributed by atoms with Gasteiger partial charge in [0.15, 0.2) is 0 Å². The van der Waals surface area contributed by atoms with Crippen molar-refractivity contribution in [2.45, 2.75) is 13.8 Å². The van der Waals surface area contributed by atoms with Gasteiger partial charge in [0.1, 0.15) is 5.58 Å². The minimum Gasteiger partial charge on any atom is -0.464 e. The van der Waals surface area contributed by atoms with Crippen molar-refractivity contribution in [3.63, 3.8) is 0 Å². The number of fused-ring (bicyclic) bond motifs is 1. The van der Waals surface area contributed by atoms with Crippen LogP contribution in [0.3, 0.4) is 0 Å². The third-order valence-electron chi connectivity index (χ3n) is 4.43. The summed E-state index contributed by atoms with van der Waals surface area (Å²) in [7, 11) is 0. The molecule has 4 rings (SSSR count). The van der Waals surface area contributed by atoms with Crippen LogP contribution in [0.4, 0.5) is 0 Å². The SMILES string of the molecule is Cc1cccc(-c2cc(-c3ccc(Cl)cc3Cl)c3c(C)coc3c2)c1. The van der Waals surface area contributed by atoms with Gasteiger partial charge < -0.3 is 4.42 Å². The number of aryl methyl sites for hydroxylation is 2. The third kappa shape index (κ3) is 2.95. The molecular weight excluding hydrogens is 351 g/mol. The topological polar surface area (TPSA) is 13.1 Å². The van der Waals surface area contributed by atoms with Crippen molar-refractivity contribution in [1.82, 2.24) is 0 Å². The van der Waals surface area contributed by atoms with Crippen LogP contribution in [-0.4, -0.2) is 0 Å². The molecule has 1 heterocycles. The highest BCUT2D eigenvalue weighted by Crippen LogP contribution is 2.40. The van der Waals surface area contributed by atoms with Gasteiger partial charge in [-0.3, -0.25) is 0 Å². The van der Waals surface area contributed by atoms with Crippen LogP contribution >= 0.6 is 23.2 Å². The van der Waals surface area contributed by atoms with Crippen LogP contribution in [0.2, 0.25) is 10.0 Å². The number of rotatable bonds is 2. The molecule has 0 amide bonds. The Kier molecular flexibility index (Phi) is 4.07. The van der Waals surface area contributed by atoms with E-state index in [4.69, 9.17) is 27.6 Å². The molecule has 0 saturated heterocycles. The van der Waals surface area contributed by atoms with E-state index in [9.17, 15) is 0 Å². The standard InChI is InChI=1S/C22H16Cl2O/c1-13-4-3-5-15(8-13)16-9-19(18-7-6-17(23)11-20(18)24)22-14(2)12-25-21(22)10-16/h3-12H,1-2H3. The highest BCUT2D eigenvalue weighted by molar-refractivity contribution is 6.36. The maximum Gasteiger partial charge on any atom is 0.135 e. The lowest BCUT2D eigenvalue weighted by Crippen LogP contribution is -1.86. The fraction of sp³-hybridized carbons (Fsp3) is 0.0909. The van der Waals surface area contributed by atoms with Gasteiger partial charge in [0, 0.05) is 21.0 Å². The van der Waals surface area contributed by atoms with Gasteiger partial charge in [-0.25, -0.2) is 0 Å². The molecule has 0 aliphatic rings. The van der Waals surface area contributed by atoms with Crippen molar-refractivity contribution < 1.29 is 4.42 Å². The van der Waals surface area contributed by atoms with Crippen molar-refractivity contribution in [2.24, 2.45) is 0 Å². The molecular formula is C22H16Cl2O. The molecule has 4 aromatic rings. The molecule has 0 aliphatic carbocycles. The molecule has 0 atom stereocenters. The smallest absolute Gasteiger partial charge is 0.135 e. The minimum absolute atomic E-state index is 0.628. The summed E-state index contributed by atoms with van der Waals surface area (Å²) < 4.78 is 5.80. The maximum atomic E-state index is 6.49. The molecule has 0 radical (unpaired) electrons. The van der Waals surface area contributed by atoms with E-state index in [1.165, 1.54) is 5.56 Å². The van der Waals surface area contributed by atoms with E-state index in [2.05, 4.69) is 43.3 Å². The van der Waals surface area contributed by atoms with Crippen molar-refractivity contribution in [2.75, 3.05) is 0 Å². The fourth-order valence-corrected chi connectivity index (χ4v) is 3.75. The van der Waals surface area contributed by atoms with Crippen molar-refractivity contribution in [3.8, 4) is 22.3 Å². The molecule has 0 aliphatic heterocycles. The zero-order valence-electron chi connectivity index (χ0n) is 13.9. The molecule has 1 nitrogen and oxygen atoms in total. The Labute approximate surface area is 156 Å². The largest absolute Gasteiger partial charge is 0.464 e. The zero-order chi connectivity index (χ0) is 17.6. The normalized spacial score (nSPS) is 11.2. The zero-order valence-corrected chi connectivity index (χ0v) is 15.4. The molecule has 0 spiro atoms. The first kappa shape index (κ1) is 16.3. The number of hydrogen-bond donors (Lipinski definition) is 0. The lowest BCUT2D eigenvalue weighted by Gasteiger charge is -2.11. The van der Waals surface area contributed by atoms with Gasteiger partial charge in [0.2, 0.25) is 0 Å². The fourth-order valence-electron chi connectivity index (χ4n) is 3.24. The Bertz CT molecular complexity index is 1090. The van der Waals surface area contributed by atoms with E-state index in [0.29, 0.717) is 10.0 Å². The molecule has 0 bridgehead atoms. The summed E-state index contributed by atoms with van der Waals surface area (Å²) in [5, 5.41) is 2.35. The number of hydrogen-bond acceptors (Lipinski definition) is 1. The second-order valence-electron chi connectivity index (χ2n) is 6.31. The Morgan fingerprint density at radius 2 is 1.64 bits per heavy atom. The van der Waals surface area contributed by atoms with Crippen LogP contribution in [-0.2, 0) is 0 Å². The molecule has 0 fully saturated rings. The summed E-state index contributed by atoms with van der Waals surface area (Å²) in [5.41, 5.74) is 7.44. The Morgan fingerprint density at radius 1 is 0.800 bits per heavy atom. The van der Waals surface area contributed by atoms with Gasteiger partial charge in [-0.05, 0) is 60.4 Å². The summed E-state index contributed by atoms with van der Waals surface area (Å²) in [6.07, 6.45) is 1.79. The molecule has 124 valence electrons. The Balaban J connectivity index is 2.03. The second kappa shape index (κ2) is 6.25. The first-order chi connectivity index (χ1) is 12.0. The van der Waals surface area contributed by atoms with E-state index in [1.54, 1.807) is 12.3 Å². The average molecular weight is 367 g/mol. The Morgan fingerprint density at radius 3 is 2.40 bits per heavy atom. The van der Waals surface area contributed by atoms with E-state index in [-0.39, 0.29) is 0 Å². The highest BCUT2D eigenvalue weighted by Gasteiger charge is 2.15. The molecule has 0 unspecified atom stereocenters. The summed E-state index contributed by atoms with van der Waals surface area (Å²) in [4.78, 5) is 0. The molecule has 3 heteroatoms. The second-order valence-corrected chi connectivity index (χ2v) is 7.15. The summed E-state index contributed by atoms with van der Waals surface area (Å²) in [5.74, 6) is 0. The molecule has 25 heavy (non-hydrogen) atoms. The quantitative estimate of drug-likeness (QED) is 0.354. The van der Waals surface area contributed by atoms with Gasteiger partial charge >= 0.3 is 0 Å². The predicted octanol–water partition coefficient (Wildman–Crippen LogP) is 7.69. The first-order valence-electron chi connectivity index (χ1n) is 8.07. The maximum absolute atomic E-state index is 6.49.